The SMILES string of the molecule is COC(=O)[C@@]1(C)C[C@@H]2[C@@](C)(CC[C@]3(C)C4=CC=C5C(=CC(=O)[C@@]6(O)Oc7cc8c(c(C)c7O[C@@]56C)C(=O)C=C5[C@@]8(C)CC[C@@]6(C)[C@@H]7C[C@@H](C)C(=O)C[C@]7(C)CC[C@]56C)[C@]4(C)CC[C@@]23C)CC1=O. The van der Waals surface area contributed by atoms with Crippen molar-refractivity contribution in [3.63, 3.8) is 0 Å². The summed E-state index contributed by atoms with van der Waals surface area (Å²) in [7, 11) is 1.37. The second-order valence-electron chi connectivity index (χ2n) is 26.1. The molecule has 6 fully saturated rings. The molecule has 358 valence electrons. The molecule has 0 spiro atoms. The molecule has 1 heterocycles. The number of ketones is 4. The molecule has 9 aliphatic carbocycles. The summed E-state index contributed by atoms with van der Waals surface area (Å²) in [6, 6.07) is 1.89. The molecule has 6 saturated carbocycles. The number of rotatable bonds is 1. The van der Waals surface area contributed by atoms with Crippen molar-refractivity contribution >= 4 is 29.1 Å². The van der Waals surface area contributed by atoms with Gasteiger partial charge in [0, 0.05) is 46.3 Å². The van der Waals surface area contributed by atoms with Crippen LogP contribution in [0.3, 0.4) is 0 Å². The third-order valence-corrected chi connectivity index (χ3v) is 23.2. The minimum Gasteiger partial charge on any atom is -0.471 e. The fraction of sp³-hybridized carbons (Fsp3) is 0.672. The molecule has 0 amide bonds. The largest absolute Gasteiger partial charge is 0.471 e. The van der Waals surface area contributed by atoms with Crippen molar-refractivity contribution in [3.8, 4) is 11.5 Å². The van der Waals surface area contributed by atoms with Crippen LogP contribution in [0.25, 0.3) is 0 Å². The molecule has 14 atom stereocenters. The number of fused-ring (bicyclic) bond motifs is 17. The Morgan fingerprint density at radius 3 is 1.99 bits per heavy atom. The van der Waals surface area contributed by atoms with E-state index in [4.69, 9.17) is 14.2 Å². The summed E-state index contributed by atoms with van der Waals surface area (Å²) in [5.41, 5.74) is 0.709. The lowest BCUT2D eigenvalue weighted by molar-refractivity contribution is -0.231. The summed E-state index contributed by atoms with van der Waals surface area (Å²) >= 11 is 0. The first-order chi connectivity index (χ1) is 31.0. The van der Waals surface area contributed by atoms with E-state index in [1.807, 2.05) is 25.1 Å². The molecule has 0 saturated heterocycles. The van der Waals surface area contributed by atoms with Crippen LogP contribution in [0.4, 0.5) is 0 Å². The molecule has 9 nitrogen and oxygen atoms in total. The molecule has 1 aliphatic heterocycles. The molecule has 0 radical (unpaired) electrons. The number of hydrogen-bond acceptors (Lipinski definition) is 9. The number of esters is 1. The zero-order valence-corrected chi connectivity index (χ0v) is 42.3. The molecule has 11 rings (SSSR count). The molecule has 1 aromatic rings. The van der Waals surface area contributed by atoms with Gasteiger partial charge in [-0.25, -0.2) is 0 Å². The minimum absolute atomic E-state index is 0.0308. The highest BCUT2D eigenvalue weighted by molar-refractivity contribution is 6.10. The highest BCUT2D eigenvalue weighted by Gasteiger charge is 2.73. The molecule has 1 N–H and O–H groups in total. The third-order valence-electron chi connectivity index (χ3n) is 23.2. The Morgan fingerprint density at radius 2 is 1.33 bits per heavy atom. The van der Waals surface area contributed by atoms with Gasteiger partial charge in [-0.05, 0) is 164 Å². The van der Waals surface area contributed by atoms with Crippen LogP contribution >= 0.6 is 0 Å². The van der Waals surface area contributed by atoms with Crippen LogP contribution < -0.4 is 9.47 Å². The Bertz CT molecular complexity index is 2720. The van der Waals surface area contributed by atoms with E-state index < -0.39 is 39.4 Å². The van der Waals surface area contributed by atoms with Gasteiger partial charge in [0.2, 0.25) is 11.4 Å². The molecule has 0 bridgehead atoms. The maximum Gasteiger partial charge on any atom is 0.319 e. The van der Waals surface area contributed by atoms with Gasteiger partial charge in [-0.15, -0.1) is 0 Å². The first-order valence-corrected chi connectivity index (χ1v) is 25.4. The number of benzene rings is 1. The third kappa shape index (κ3) is 4.99. The second-order valence-corrected chi connectivity index (χ2v) is 26.1. The van der Waals surface area contributed by atoms with Gasteiger partial charge in [0.1, 0.15) is 17.0 Å². The fourth-order valence-electron chi connectivity index (χ4n) is 18.3. The van der Waals surface area contributed by atoms with Gasteiger partial charge in [0.25, 0.3) is 0 Å². The van der Waals surface area contributed by atoms with Crippen molar-refractivity contribution in [2.24, 2.45) is 61.1 Å². The Hall–Kier alpha value is -4.11. The number of methoxy groups -OCH3 is 1. The topological polar surface area (TPSA) is 133 Å². The molecule has 1 aromatic carbocycles. The summed E-state index contributed by atoms with van der Waals surface area (Å²) in [4.78, 5) is 69.8. The van der Waals surface area contributed by atoms with Gasteiger partial charge in [-0.2, -0.15) is 0 Å². The normalized spacial score (nSPS) is 49.0. The lowest BCUT2D eigenvalue weighted by Crippen LogP contribution is -2.70. The standard InChI is InChI=1S/C58H72O9/c1-31-24-40-48(3,28-37(31)60)16-21-55(10)41-27-36(59)45-32(2)46-38(25-35(45)51(41,6)19-22-54(40,55)9)66-58(64)43(61)26-34-33(57(58,12)67-46)14-15-39-50(34,5)18-23-56(11)42-29-52(7,47(63)65-13)44(62)30-49(42,4)17-20-53(39,56)8/h14-15,25-27,31,40,42,64H,16-24,28-30H2,1-13H3/t31-,40-,42-,48+,49+,50+,51+,52+,53-,54+,55-,56+,57+,58-/m1/s1. The number of carbonyl (C=O) groups excluding carboxylic acids is 5. The first kappa shape index (κ1) is 45.3. The van der Waals surface area contributed by atoms with Crippen molar-refractivity contribution in [1.29, 1.82) is 0 Å². The number of ether oxygens (including phenoxy) is 3. The Balaban J connectivity index is 0.977. The lowest BCUT2D eigenvalue weighted by atomic mass is 9.34. The quantitative estimate of drug-likeness (QED) is 0.216. The van der Waals surface area contributed by atoms with Gasteiger partial charge in [-0.1, -0.05) is 80.0 Å². The van der Waals surface area contributed by atoms with Crippen molar-refractivity contribution in [3.05, 3.63) is 69.4 Å². The molecular formula is C58H72O9. The van der Waals surface area contributed by atoms with Gasteiger partial charge in [0.15, 0.2) is 17.3 Å². The van der Waals surface area contributed by atoms with Gasteiger partial charge in [-0.3, -0.25) is 24.0 Å². The average Bonchev–Trinajstić information content (AvgIpc) is 3.26. The molecule has 10 aliphatic rings. The summed E-state index contributed by atoms with van der Waals surface area (Å²) in [6.45, 7) is 26.1. The monoisotopic (exact) mass is 913 g/mol. The van der Waals surface area contributed by atoms with E-state index in [0.29, 0.717) is 59.8 Å². The van der Waals surface area contributed by atoms with E-state index >= 15 is 0 Å². The highest BCUT2D eigenvalue weighted by atomic mass is 16.7. The fourth-order valence-corrected chi connectivity index (χ4v) is 18.3. The maximum atomic E-state index is 14.9. The van der Waals surface area contributed by atoms with E-state index in [1.165, 1.54) is 12.7 Å². The number of Topliss-reactive ketones (excluding diaryl/α,β-unsaturated/α-hetero) is 2. The second kappa shape index (κ2) is 13.0. The molecular weight excluding hydrogens is 841 g/mol. The van der Waals surface area contributed by atoms with Crippen molar-refractivity contribution in [2.75, 3.05) is 7.11 Å². The van der Waals surface area contributed by atoms with Crippen molar-refractivity contribution < 1.29 is 43.3 Å². The van der Waals surface area contributed by atoms with E-state index in [2.05, 4.69) is 68.4 Å². The summed E-state index contributed by atoms with van der Waals surface area (Å²) in [6.07, 6.45) is 16.8. The minimum atomic E-state index is -2.39. The number of aliphatic hydroxyl groups is 1. The van der Waals surface area contributed by atoms with Crippen molar-refractivity contribution in [1.82, 2.24) is 0 Å². The van der Waals surface area contributed by atoms with Crippen LogP contribution in [0.1, 0.15) is 175 Å². The van der Waals surface area contributed by atoms with E-state index in [-0.39, 0.29) is 61.6 Å². The van der Waals surface area contributed by atoms with Crippen molar-refractivity contribution in [2.45, 2.75) is 177 Å². The Labute approximate surface area is 397 Å². The summed E-state index contributed by atoms with van der Waals surface area (Å²) in [5.74, 6) is -2.05. The van der Waals surface area contributed by atoms with Crippen LogP contribution in [0.2, 0.25) is 0 Å². The van der Waals surface area contributed by atoms with Crippen LogP contribution in [-0.4, -0.2) is 52.7 Å². The lowest BCUT2D eigenvalue weighted by Gasteiger charge is -2.70. The molecule has 0 aromatic heterocycles. The van der Waals surface area contributed by atoms with Crippen LogP contribution in [0.5, 0.6) is 11.5 Å². The van der Waals surface area contributed by atoms with Crippen LogP contribution in [0, 0.1) is 68.0 Å². The van der Waals surface area contributed by atoms with E-state index in [9.17, 15) is 29.1 Å². The molecule has 0 unspecified atom stereocenters. The Morgan fingerprint density at radius 1 is 0.716 bits per heavy atom. The predicted octanol–water partition coefficient (Wildman–Crippen LogP) is 11.0. The number of hydrogen-bond donors (Lipinski definition) is 1. The van der Waals surface area contributed by atoms with Crippen LogP contribution in [-0.2, 0) is 29.3 Å². The van der Waals surface area contributed by atoms with Crippen LogP contribution in [0.15, 0.2) is 52.7 Å². The Kier molecular flexibility index (Phi) is 8.79. The molecule has 67 heavy (non-hydrogen) atoms. The predicted molar refractivity (Wildman–Crippen MR) is 253 cm³/mol. The zero-order chi connectivity index (χ0) is 48.5. The average molecular weight is 913 g/mol. The van der Waals surface area contributed by atoms with Gasteiger partial charge in [0.05, 0.1) is 7.11 Å². The summed E-state index contributed by atoms with van der Waals surface area (Å²) < 4.78 is 19.1. The van der Waals surface area contributed by atoms with Gasteiger partial charge >= 0.3 is 11.8 Å². The summed E-state index contributed by atoms with van der Waals surface area (Å²) in [5, 5.41) is 12.8. The zero-order valence-electron chi connectivity index (χ0n) is 42.3. The highest BCUT2D eigenvalue weighted by Crippen LogP contribution is 2.77. The van der Waals surface area contributed by atoms with E-state index in [0.717, 1.165) is 68.1 Å². The van der Waals surface area contributed by atoms with Gasteiger partial charge < -0.3 is 19.3 Å². The molecule has 9 heteroatoms. The van der Waals surface area contributed by atoms with E-state index in [1.54, 1.807) is 19.9 Å². The number of allylic oxidation sites excluding steroid dienone is 5. The maximum absolute atomic E-state index is 14.9. The smallest absolute Gasteiger partial charge is 0.319 e. The first-order valence-electron chi connectivity index (χ1n) is 25.4. The number of carbonyl (C=O) groups is 5.